The molecule has 1 N–H and O–H groups in total. The zero-order valence-electron chi connectivity index (χ0n) is 7.50. The van der Waals surface area contributed by atoms with Gasteiger partial charge in [-0.05, 0) is 23.6 Å². The first kappa shape index (κ1) is 9.23. The van der Waals surface area contributed by atoms with Crippen molar-refractivity contribution in [1.82, 2.24) is 0 Å². The standard InChI is InChI=1S/C10H14O2/c1-8-9(6-11)4-3-5-10(8)7-12-2/h3-5,11H,6-7H2,1-2H3. The largest absolute Gasteiger partial charge is 0.392 e. The van der Waals surface area contributed by atoms with Gasteiger partial charge in [-0.3, -0.25) is 0 Å². The van der Waals surface area contributed by atoms with Crippen LogP contribution in [0, 0.1) is 6.92 Å². The summed E-state index contributed by atoms with van der Waals surface area (Å²) in [5.74, 6) is 0. The van der Waals surface area contributed by atoms with Gasteiger partial charge in [-0.1, -0.05) is 18.2 Å². The molecule has 0 spiro atoms. The molecule has 0 bridgehead atoms. The van der Waals surface area contributed by atoms with E-state index < -0.39 is 0 Å². The minimum absolute atomic E-state index is 0.101. The van der Waals surface area contributed by atoms with Crippen molar-refractivity contribution in [3.05, 3.63) is 34.9 Å². The molecular formula is C10H14O2. The molecule has 0 radical (unpaired) electrons. The van der Waals surface area contributed by atoms with Crippen molar-refractivity contribution in [2.45, 2.75) is 20.1 Å². The van der Waals surface area contributed by atoms with Crippen molar-refractivity contribution in [1.29, 1.82) is 0 Å². The molecule has 1 rings (SSSR count). The summed E-state index contributed by atoms with van der Waals surface area (Å²) in [5.41, 5.74) is 3.25. The van der Waals surface area contributed by atoms with Crippen LogP contribution in [0.1, 0.15) is 16.7 Å². The lowest BCUT2D eigenvalue weighted by molar-refractivity contribution is 0.184. The van der Waals surface area contributed by atoms with Crippen LogP contribution in [0.3, 0.4) is 0 Å². The van der Waals surface area contributed by atoms with Gasteiger partial charge in [0.15, 0.2) is 0 Å². The molecule has 0 aliphatic carbocycles. The van der Waals surface area contributed by atoms with Gasteiger partial charge in [-0.25, -0.2) is 0 Å². The van der Waals surface area contributed by atoms with Crippen molar-refractivity contribution < 1.29 is 9.84 Å². The third kappa shape index (κ3) is 1.84. The minimum Gasteiger partial charge on any atom is -0.392 e. The smallest absolute Gasteiger partial charge is 0.0715 e. The summed E-state index contributed by atoms with van der Waals surface area (Å²) in [7, 11) is 1.67. The summed E-state index contributed by atoms with van der Waals surface area (Å²) >= 11 is 0. The topological polar surface area (TPSA) is 29.5 Å². The quantitative estimate of drug-likeness (QED) is 0.739. The Morgan fingerprint density at radius 2 is 2.00 bits per heavy atom. The molecule has 12 heavy (non-hydrogen) atoms. The number of hydrogen-bond donors (Lipinski definition) is 1. The lowest BCUT2D eigenvalue weighted by atomic mass is 10.0. The van der Waals surface area contributed by atoms with Crippen LogP contribution < -0.4 is 0 Å². The van der Waals surface area contributed by atoms with E-state index in [1.165, 1.54) is 0 Å². The molecule has 2 heteroatoms. The highest BCUT2D eigenvalue weighted by Crippen LogP contribution is 2.14. The van der Waals surface area contributed by atoms with E-state index in [0.29, 0.717) is 6.61 Å². The van der Waals surface area contributed by atoms with Gasteiger partial charge in [0.2, 0.25) is 0 Å². The highest BCUT2D eigenvalue weighted by molar-refractivity contribution is 5.33. The number of hydrogen-bond acceptors (Lipinski definition) is 2. The lowest BCUT2D eigenvalue weighted by Gasteiger charge is -2.07. The van der Waals surface area contributed by atoms with Crippen molar-refractivity contribution in [3.63, 3.8) is 0 Å². The number of aliphatic hydroxyl groups excluding tert-OH is 1. The molecule has 0 fully saturated rings. The predicted molar refractivity (Wildman–Crippen MR) is 47.8 cm³/mol. The molecule has 0 heterocycles. The summed E-state index contributed by atoms with van der Waals surface area (Å²) in [6.45, 7) is 2.71. The van der Waals surface area contributed by atoms with Crippen LogP contribution in [0.2, 0.25) is 0 Å². The molecule has 0 aromatic heterocycles. The van der Waals surface area contributed by atoms with Gasteiger partial charge in [-0.15, -0.1) is 0 Å². The second-order valence-corrected chi connectivity index (χ2v) is 2.79. The number of methoxy groups -OCH3 is 1. The second kappa shape index (κ2) is 4.24. The van der Waals surface area contributed by atoms with Crippen molar-refractivity contribution >= 4 is 0 Å². The molecule has 0 saturated heterocycles. The fourth-order valence-electron chi connectivity index (χ4n) is 1.22. The van der Waals surface area contributed by atoms with E-state index in [4.69, 9.17) is 9.84 Å². The van der Waals surface area contributed by atoms with E-state index in [0.717, 1.165) is 16.7 Å². The molecular weight excluding hydrogens is 152 g/mol. The van der Waals surface area contributed by atoms with E-state index >= 15 is 0 Å². The van der Waals surface area contributed by atoms with E-state index in [9.17, 15) is 0 Å². The molecule has 0 aliphatic rings. The number of ether oxygens (including phenoxy) is 1. The zero-order chi connectivity index (χ0) is 8.97. The van der Waals surface area contributed by atoms with Gasteiger partial charge in [0, 0.05) is 7.11 Å². The van der Waals surface area contributed by atoms with Crippen LogP contribution in [-0.4, -0.2) is 12.2 Å². The van der Waals surface area contributed by atoms with Crippen LogP contribution in [0.25, 0.3) is 0 Å². The third-order valence-corrected chi connectivity index (χ3v) is 2.03. The van der Waals surface area contributed by atoms with Gasteiger partial charge in [0.25, 0.3) is 0 Å². The van der Waals surface area contributed by atoms with Gasteiger partial charge >= 0.3 is 0 Å². The van der Waals surface area contributed by atoms with E-state index in [1.54, 1.807) is 7.11 Å². The molecule has 0 unspecified atom stereocenters. The van der Waals surface area contributed by atoms with Gasteiger partial charge in [-0.2, -0.15) is 0 Å². The lowest BCUT2D eigenvalue weighted by Crippen LogP contribution is -1.96. The first-order chi connectivity index (χ1) is 5.79. The normalized spacial score (nSPS) is 10.2. The summed E-state index contributed by atoms with van der Waals surface area (Å²) in [4.78, 5) is 0. The van der Waals surface area contributed by atoms with Crippen molar-refractivity contribution in [2.24, 2.45) is 0 Å². The Labute approximate surface area is 72.8 Å². The van der Waals surface area contributed by atoms with Crippen LogP contribution in [0.4, 0.5) is 0 Å². The number of aliphatic hydroxyl groups is 1. The summed E-state index contributed by atoms with van der Waals surface area (Å²) in [5, 5.41) is 8.97. The monoisotopic (exact) mass is 166 g/mol. The second-order valence-electron chi connectivity index (χ2n) is 2.79. The van der Waals surface area contributed by atoms with Crippen LogP contribution in [-0.2, 0) is 18.0 Å². The maximum atomic E-state index is 8.97. The molecule has 0 saturated carbocycles. The fraction of sp³-hybridized carbons (Fsp3) is 0.400. The Hall–Kier alpha value is -0.860. The Kier molecular flexibility index (Phi) is 3.26. The van der Waals surface area contributed by atoms with Crippen LogP contribution in [0.15, 0.2) is 18.2 Å². The molecule has 0 atom stereocenters. The maximum absolute atomic E-state index is 8.97. The minimum atomic E-state index is 0.101. The molecule has 0 amide bonds. The zero-order valence-corrected chi connectivity index (χ0v) is 7.50. The Morgan fingerprint density at radius 1 is 1.33 bits per heavy atom. The summed E-state index contributed by atoms with van der Waals surface area (Å²) in [6.07, 6.45) is 0. The third-order valence-electron chi connectivity index (χ3n) is 2.03. The first-order valence-corrected chi connectivity index (χ1v) is 3.96. The average Bonchev–Trinajstić information content (AvgIpc) is 2.09. The number of benzene rings is 1. The predicted octanol–water partition coefficient (Wildman–Crippen LogP) is 1.63. The first-order valence-electron chi connectivity index (χ1n) is 3.96. The Balaban J connectivity index is 2.97. The van der Waals surface area contributed by atoms with E-state index in [-0.39, 0.29) is 6.61 Å². The Bertz CT molecular complexity index is 256. The summed E-state index contributed by atoms with van der Waals surface area (Å²) < 4.78 is 5.03. The molecule has 1 aromatic rings. The van der Waals surface area contributed by atoms with E-state index in [1.807, 2.05) is 25.1 Å². The van der Waals surface area contributed by atoms with Gasteiger partial charge in [0.1, 0.15) is 0 Å². The van der Waals surface area contributed by atoms with Crippen molar-refractivity contribution in [3.8, 4) is 0 Å². The molecule has 0 aliphatic heterocycles. The van der Waals surface area contributed by atoms with Crippen molar-refractivity contribution in [2.75, 3.05) is 7.11 Å². The maximum Gasteiger partial charge on any atom is 0.0715 e. The fourth-order valence-corrected chi connectivity index (χ4v) is 1.22. The average molecular weight is 166 g/mol. The molecule has 66 valence electrons. The molecule has 1 aromatic carbocycles. The number of rotatable bonds is 3. The highest BCUT2D eigenvalue weighted by Gasteiger charge is 2.01. The van der Waals surface area contributed by atoms with Crippen LogP contribution >= 0.6 is 0 Å². The Morgan fingerprint density at radius 3 is 2.58 bits per heavy atom. The van der Waals surface area contributed by atoms with E-state index in [2.05, 4.69) is 0 Å². The highest BCUT2D eigenvalue weighted by atomic mass is 16.5. The molecule has 2 nitrogen and oxygen atoms in total. The summed E-state index contributed by atoms with van der Waals surface area (Å²) in [6, 6.07) is 5.87. The van der Waals surface area contributed by atoms with Crippen LogP contribution in [0.5, 0.6) is 0 Å². The van der Waals surface area contributed by atoms with Gasteiger partial charge < -0.3 is 9.84 Å². The van der Waals surface area contributed by atoms with Gasteiger partial charge in [0.05, 0.1) is 13.2 Å². The SMILES string of the molecule is COCc1cccc(CO)c1C.